The fraction of sp³-hybridized carbons (Fsp3) is 0.591. The fourth-order valence-corrected chi connectivity index (χ4v) is 2.79. The predicted octanol–water partition coefficient (Wildman–Crippen LogP) is 6.12. The van der Waals surface area contributed by atoms with E-state index in [1.165, 1.54) is 5.56 Å². The second-order valence-electron chi connectivity index (χ2n) is 9.15. The summed E-state index contributed by atoms with van der Waals surface area (Å²) >= 11 is 6.23. The van der Waals surface area contributed by atoms with Crippen LogP contribution in [-0.4, -0.2) is 22.5 Å². The van der Waals surface area contributed by atoms with Crippen molar-refractivity contribution in [2.75, 3.05) is 6.61 Å². The first kappa shape index (κ1) is 21.6. The third kappa shape index (κ3) is 6.76. The molecule has 150 valence electrons. The third-order valence-electron chi connectivity index (χ3n) is 4.31. The topological polar surface area (TPSA) is 36.3 Å². The smallest absolute Gasteiger partial charge is 0.232 e. The summed E-state index contributed by atoms with van der Waals surface area (Å²) < 4.78 is 13.7. The minimum atomic E-state index is -0.0402. The number of ether oxygens (including phenoxy) is 2. The largest absolute Gasteiger partial charge is 0.489 e. The molecule has 0 radical (unpaired) electrons. The molecule has 1 heterocycles. The van der Waals surface area contributed by atoms with E-state index < -0.39 is 0 Å². The highest BCUT2D eigenvalue weighted by atomic mass is 35.5. The molecule has 0 saturated heterocycles. The van der Waals surface area contributed by atoms with Crippen LogP contribution in [0.5, 0.6) is 11.6 Å². The summed E-state index contributed by atoms with van der Waals surface area (Å²) in [5, 5.41) is 5.17. The Morgan fingerprint density at radius 2 is 1.81 bits per heavy atom. The van der Waals surface area contributed by atoms with E-state index in [1.54, 1.807) is 0 Å². The summed E-state index contributed by atoms with van der Waals surface area (Å²) in [6.07, 6.45) is 4.01. The zero-order valence-corrected chi connectivity index (χ0v) is 18.4. The number of aromatic nitrogens is 2. The van der Waals surface area contributed by atoms with Crippen LogP contribution in [0.2, 0.25) is 5.02 Å². The lowest BCUT2D eigenvalue weighted by Crippen LogP contribution is -2.24. The summed E-state index contributed by atoms with van der Waals surface area (Å²) in [5.74, 6) is 1.43. The number of aryl methyl sites for hydroxylation is 1. The highest BCUT2D eigenvalue weighted by molar-refractivity contribution is 6.32. The molecular weight excluding hydrogens is 360 g/mol. The Hall–Kier alpha value is -1.68. The minimum absolute atomic E-state index is 0.0320. The number of nitrogens with zero attached hydrogens (tertiary/aromatic N) is 2. The van der Waals surface area contributed by atoms with E-state index in [1.807, 2.05) is 42.9 Å². The van der Waals surface area contributed by atoms with Gasteiger partial charge < -0.3 is 9.47 Å². The number of hydrogen-bond donors (Lipinski definition) is 0. The standard InChI is InChI=1S/C22H33ClN2O2/c1-16(2)27-19-14-17(8-9-18(19)23)10-12-22(6,7)15-26-20-11-13-25(24-20)21(3,4)5/h8-9,11,13-14,16H,10,12,15H2,1-7H3. The number of halogens is 1. The van der Waals surface area contributed by atoms with Gasteiger partial charge in [-0.25, -0.2) is 0 Å². The van der Waals surface area contributed by atoms with Crippen molar-refractivity contribution in [3.05, 3.63) is 41.0 Å². The lowest BCUT2D eigenvalue weighted by atomic mass is 9.87. The van der Waals surface area contributed by atoms with Crippen LogP contribution in [-0.2, 0) is 12.0 Å². The molecule has 0 saturated carbocycles. The van der Waals surface area contributed by atoms with Gasteiger partial charge in [-0.05, 0) is 70.6 Å². The van der Waals surface area contributed by atoms with E-state index in [0.29, 0.717) is 17.5 Å². The van der Waals surface area contributed by atoms with Gasteiger partial charge in [0.1, 0.15) is 5.75 Å². The van der Waals surface area contributed by atoms with E-state index >= 15 is 0 Å². The number of hydrogen-bond acceptors (Lipinski definition) is 3. The molecule has 0 unspecified atom stereocenters. The van der Waals surface area contributed by atoms with Crippen molar-refractivity contribution in [1.29, 1.82) is 0 Å². The predicted molar refractivity (Wildman–Crippen MR) is 112 cm³/mol. The summed E-state index contributed by atoms with van der Waals surface area (Å²) in [6, 6.07) is 7.95. The molecule has 27 heavy (non-hydrogen) atoms. The molecule has 0 spiro atoms. The fourth-order valence-electron chi connectivity index (χ4n) is 2.63. The van der Waals surface area contributed by atoms with Gasteiger partial charge in [0.25, 0.3) is 0 Å². The third-order valence-corrected chi connectivity index (χ3v) is 4.62. The Morgan fingerprint density at radius 1 is 1.11 bits per heavy atom. The van der Waals surface area contributed by atoms with Crippen molar-refractivity contribution in [3.8, 4) is 11.6 Å². The highest BCUT2D eigenvalue weighted by Crippen LogP contribution is 2.30. The van der Waals surface area contributed by atoms with Crippen molar-refractivity contribution < 1.29 is 9.47 Å². The molecule has 1 aromatic carbocycles. The Balaban J connectivity index is 1.92. The van der Waals surface area contributed by atoms with Crippen LogP contribution in [0.25, 0.3) is 0 Å². The van der Waals surface area contributed by atoms with Gasteiger partial charge in [-0.3, -0.25) is 4.68 Å². The van der Waals surface area contributed by atoms with Crippen molar-refractivity contribution >= 4 is 11.6 Å². The molecule has 0 fully saturated rings. The molecule has 0 atom stereocenters. The zero-order valence-electron chi connectivity index (χ0n) is 17.7. The average Bonchev–Trinajstić information content (AvgIpc) is 3.03. The van der Waals surface area contributed by atoms with Gasteiger partial charge in [0.2, 0.25) is 5.88 Å². The van der Waals surface area contributed by atoms with Gasteiger partial charge in [-0.2, -0.15) is 0 Å². The zero-order chi connectivity index (χ0) is 20.2. The first-order chi connectivity index (χ1) is 12.5. The lowest BCUT2D eigenvalue weighted by molar-refractivity contribution is 0.162. The number of rotatable bonds is 8. The van der Waals surface area contributed by atoms with Crippen LogP contribution in [0, 0.1) is 5.41 Å². The molecule has 0 aliphatic carbocycles. The van der Waals surface area contributed by atoms with Crippen LogP contribution in [0.15, 0.2) is 30.5 Å². The molecule has 4 nitrogen and oxygen atoms in total. The molecule has 0 aliphatic heterocycles. The molecule has 0 amide bonds. The molecule has 0 aliphatic rings. The van der Waals surface area contributed by atoms with E-state index in [4.69, 9.17) is 21.1 Å². The molecule has 2 rings (SSSR count). The van der Waals surface area contributed by atoms with Gasteiger partial charge >= 0.3 is 0 Å². The van der Waals surface area contributed by atoms with Crippen molar-refractivity contribution in [2.45, 2.75) is 73.0 Å². The Bertz CT molecular complexity index is 745. The summed E-state index contributed by atoms with van der Waals surface area (Å²) in [7, 11) is 0. The maximum absolute atomic E-state index is 6.23. The van der Waals surface area contributed by atoms with Crippen molar-refractivity contribution in [3.63, 3.8) is 0 Å². The van der Waals surface area contributed by atoms with E-state index in [2.05, 4.69) is 45.8 Å². The summed E-state index contributed by atoms with van der Waals surface area (Å²) in [5.41, 5.74) is 1.21. The van der Waals surface area contributed by atoms with Crippen molar-refractivity contribution in [1.82, 2.24) is 9.78 Å². The van der Waals surface area contributed by atoms with Crippen LogP contribution in [0.1, 0.15) is 60.5 Å². The van der Waals surface area contributed by atoms with Gasteiger partial charge in [0.05, 0.1) is 23.3 Å². The maximum atomic E-state index is 6.23. The second-order valence-corrected chi connectivity index (χ2v) is 9.56. The summed E-state index contributed by atoms with van der Waals surface area (Å²) in [4.78, 5) is 0. The first-order valence-corrected chi connectivity index (χ1v) is 9.98. The van der Waals surface area contributed by atoms with Crippen LogP contribution in [0.4, 0.5) is 0 Å². The van der Waals surface area contributed by atoms with Crippen LogP contribution < -0.4 is 9.47 Å². The monoisotopic (exact) mass is 392 g/mol. The van der Waals surface area contributed by atoms with Gasteiger partial charge in [-0.1, -0.05) is 31.5 Å². The molecule has 0 N–H and O–H groups in total. The van der Waals surface area contributed by atoms with Gasteiger partial charge in [0, 0.05) is 12.3 Å². The van der Waals surface area contributed by atoms with Crippen LogP contribution >= 0.6 is 11.6 Å². The molecule has 0 bridgehead atoms. The van der Waals surface area contributed by atoms with E-state index in [-0.39, 0.29) is 17.1 Å². The number of benzene rings is 1. The van der Waals surface area contributed by atoms with E-state index in [9.17, 15) is 0 Å². The molecule has 2 aromatic rings. The molecule has 1 aromatic heterocycles. The van der Waals surface area contributed by atoms with Gasteiger partial charge in [-0.15, -0.1) is 5.10 Å². The average molecular weight is 393 g/mol. The van der Waals surface area contributed by atoms with Crippen LogP contribution in [0.3, 0.4) is 0 Å². The normalized spacial score (nSPS) is 12.5. The van der Waals surface area contributed by atoms with E-state index in [0.717, 1.165) is 18.6 Å². The second kappa shape index (κ2) is 8.55. The lowest BCUT2D eigenvalue weighted by Gasteiger charge is -2.24. The first-order valence-electron chi connectivity index (χ1n) is 9.60. The highest BCUT2D eigenvalue weighted by Gasteiger charge is 2.21. The molecular formula is C22H33ClN2O2. The quantitative estimate of drug-likeness (QED) is 0.543. The Morgan fingerprint density at radius 3 is 2.41 bits per heavy atom. The Kier molecular flexibility index (Phi) is 6.85. The SMILES string of the molecule is CC(C)Oc1cc(CCC(C)(C)COc2ccn(C(C)(C)C)n2)ccc1Cl. The summed E-state index contributed by atoms with van der Waals surface area (Å²) in [6.45, 7) is 15.4. The van der Waals surface area contributed by atoms with Gasteiger partial charge in [0.15, 0.2) is 0 Å². The Labute approximate surface area is 168 Å². The molecule has 5 heteroatoms. The van der Waals surface area contributed by atoms with Crippen molar-refractivity contribution in [2.24, 2.45) is 5.41 Å². The minimum Gasteiger partial charge on any atom is -0.489 e. The maximum Gasteiger partial charge on any atom is 0.232 e.